The molecule has 2 aromatic heterocycles. The molecule has 170 valence electrons. The lowest BCUT2D eigenvalue weighted by atomic mass is 10.0. The Kier molecular flexibility index (Phi) is 5.04. The van der Waals surface area contributed by atoms with Crippen molar-refractivity contribution in [3.63, 3.8) is 0 Å². The van der Waals surface area contributed by atoms with Crippen molar-refractivity contribution in [3.05, 3.63) is 71.7 Å². The summed E-state index contributed by atoms with van der Waals surface area (Å²) in [5.74, 6) is -0.217. The molecule has 0 radical (unpaired) electrons. The second kappa shape index (κ2) is 8.23. The Hall–Kier alpha value is -3.75. The molecule has 1 aliphatic heterocycles. The summed E-state index contributed by atoms with van der Waals surface area (Å²) >= 11 is 1.29. The summed E-state index contributed by atoms with van der Waals surface area (Å²) in [4.78, 5) is 33.8. The first kappa shape index (κ1) is 20.8. The van der Waals surface area contributed by atoms with E-state index in [4.69, 9.17) is 5.73 Å². The van der Waals surface area contributed by atoms with Crippen LogP contribution >= 0.6 is 11.3 Å². The Bertz CT molecular complexity index is 1420. The number of carbonyl (C=O) groups is 2. The van der Waals surface area contributed by atoms with Crippen molar-refractivity contribution in [2.45, 2.75) is 31.3 Å². The number of nitrogens with two attached hydrogens (primary N) is 1. The summed E-state index contributed by atoms with van der Waals surface area (Å²) in [6, 6.07) is 19.3. The van der Waals surface area contributed by atoms with Crippen LogP contribution in [0.4, 0.5) is 21.9 Å². The Morgan fingerprint density at radius 2 is 1.91 bits per heavy atom. The maximum absolute atomic E-state index is 13.4. The normalized spacial score (nSPS) is 19.3. The molecule has 3 amide bonds. The van der Waals surface area contributed by atoms with Crippen molar-refractivity contribution in [3.8, 4) is 11.1 Å². The molecule has 1 unspecified atom stereocenters. The van der Waals surface area contributed by atoms with Crippen LogP contribution in [0.25, 0.3) is 21.3 Å². The van der Waals surface area contributed by atoms with Gasteiger partial charge in [0, 0.05) is 18.3 Å². The largest absolute Gasteiger partial charge is 0.347 e. The van der Waals surface area contributed by atoms with Gasteiger partial charge in [0.25, 0.3) is 5.91 Å². The molecule has 7 nitrogen and oxygen atoms in total. The van der Waals surface area contributed by atoms with Crippen LogP contribution < -0.4 is 21.3 Å². The number of pyridine rings is 1. The summed E-state index contributed by atoms with van der Waals surface area (Å²) in [5, 5.41) is 6.80. The monoisotopic (exact) mass is 469 g/mol. The maximum Gasteiger partial charge on any atom is 0.331 e. The maximum atomic E-state index is 13.4. The van der Waals surface area contributed by atoms with Gasteiger partial charge >= 0.3 is 6.03 Å². The number of hydrogen-bond acceptors (Lipinski definition) is 5. The van der Waals surface area contributed by atoms with Crippen LogP contribution in [-0.2, 0) is 0 Å². The van der Waals surface area contributed by atoms with Gasteiger partial charge in [-0.25, -0.2) is 9.78 Å². The molecule has 0 saturated heterocycles. The number of thiophene rings is 1. The van der Waals surface area contributed by atoms with Gasteiger partial charge in [-0.3, -0.25) is 9.69 Å². The van der Waals surface area contributed by atoms with Crippen LogP contribution in [0.15, 0.2) is 66.9 Å². The fourth-order valence-corrected chi connectivity index (χ4v) is 5.88. The highest BCUT2D eigenvalue weighted by molar-refractivity contribution is 7.21. The number of nitrogens with zero attached hydrogens (tertiary/aromatic N) is 2. The fourth-order valence-electron chi connectivity index (χ4n) is 4.86. The van der Waals surface area contributed by atoms with Crippen LogP contribution in [0, 0.1) is 0 Å². The number of anilines is 3. The van der Waals surface area contributed by atoms with E-state index in [0.717, 1.165) is 41.5 Å². The lowest BCUT2D eigenvalue weighted by Gasteiger charge is -2.28. The first-order chi connectivity index (χ1) is 16.6. The second-order valence-corrected chi connectivity index (χ2v) is 9.67. The summed E-state index contributed by atoms with van der Waals surface area (Å²) in [6.07, 6.45) is 4.46. The van der Waals surface area contributed by atoms with E-state index < -0.39 is 0 Å². The Balaban J connectivity index is 1.41. The summed E-state index contributed by atoms with van der Waals surface area (Å²) in [5.41, 5.74) is 10.2. The van der Waals surface area contributed by atoms with Gasteiger partial charge in [-0.1, -0.05) is 42.5 Å². The minimum atomic E-state index is -0.310. The molecular weight excluding hydrogens is 446 g/mol. The van der Waals surface area contributed by atoms with Gasteiger partial charge in [-0.15, -0.1) is 11.3 Å². The number of benzene rings is 2. The molecule has 8 heteroatoms. The van der Waals surface area contributed by atoms with Gasteiger partial charge in [0.05, 0.1) is 22.4 Å². The molecule has 1 saturated carbocycles. The number of hydrogen-bond donors (Lipinski definition) is 3. The molecule has 1 aliphatic carbocycles. The van der Waals surface area contributed by atoms with Gasteiger partial charge in [0.2, 0.25) is 0 Å². The molecule has 2 aliphatic rings. The van der Waals surface area contributed by atoms with E-state index in [9.17, 15) is 9.59 Å². The van der Waals surface area contributed by atoms with Crippen LogP contribution in [0.3, 0.4) is 0 Å². The van der Waals surface area contributed by atoms with E-state index in [1.165, 1.54) is 11.3 Å². The third-order valence-corrected chi connectivity index (χ3v) is 7.65. The number of nitrogens with one attached hydrogen (secondary N) is 2. The molecular formula is C26H23N5O2S. The fraction of sp³-hybridized carbons (Fsp3) is 0.192. The highest BCUT2D eigenvalue weighted by Crippen LogP contribution is 2.46. The standard InChI is InChI=1S/C26H23N5O2S/c27-18-10-5-11-19(18)29-24(32)23-22-21-20(12-13-28-25(21)34-23)31(26(33)30-22)17-9-4-8-16(14-17)15-6-2-1-3-7-15/h1-4,6-9,12-14,18-19H,5,10-11,27H2,(H,29,32)(H,30,33)/t18-,19?/m0/s1. The van der Waals surface area contributed by atoms with E-state index in [1.54, 1.807) is 11.1 Å². The molecule has 1 fully saturated rings. The average molecular weight is 470 g/mol. The topological polar surface area (TPSA) is 100 Å². The van der Waals surface area contributed by atoms with Crippen molar-refractivity contribution in [2.24, 2.45) is 5.73 Å². The molecule has 0 spiro atoms. The zero-order chi connectivity index (χ0) is 23.2. The van der Waals surface area contributed by atoms with Crippen molar-refractivity contribution >= 4 is 50.6 Å². The van der Waals surface area contributed by atoms with Crippen LogP contribution in [0.2, 0.25) is 0 Å². The smallest absolute Gasteiger partial charge is 0.331 e. The number of amides is 3. The zero-order valence-electron chi connectivity index (χ0n) is 18.3. The second-order valence-electron chi connectivity index (χ2n) is 8.67. The third kappa shape index (κ3) is 3.43. The Morgan fingerprint density at radius 1 is 1.09 bits per heavy atom. The van der Waals surface area contributed by atoms with E-state index in [2.05, 4.69) is 15.6 Å². The minimum Gasteiger partial charge on any atom is -0.347 e. The quantitative estimate of drug-likeness (QED) is 0.380. The SMILES string of the molecule is N[C@H]1CCCC1NC(=O)c1sc2nccc3c2c1NC(=O)N3c1cccc(-c2ccccc2)c1. The van der Waals surface area contributed by atoms with Crippen molar-refractivity contribution in [1.29, 1.82) is 0 Å². The zero-order valence-corrected chi connectivity index (χ0v) is 19.1. The molecule has 4 aromatic rings. The number of aromatic nitrogens is 1. The number of rotatable bonds is 4. The molecule has 34 heavy (non-hydrogen) atoms. The highest BCUT2D eigenvalue weighted by atomic mass is 32.1. The summed E-state index contributed by atoms with van der Waals surface area (Å²) in [6.45, 7) is 0. The van der Waals surface area contributed by atoms with Crippen LogP contribution in [0.5, 0.6) is 0 Å². The highest BCUT2D eigenvalue weighted by Gasteiger charge is 2.34. The van der Waals surface area contributed by atoms with Gasteiger partial charge in [0.15, 0.2) is 0 Å². The predicted octanol–water partition coefficient (Wildman–Crippen LogP) is 5.26. The Morgan fingerprint density at radius 3 is 2.71 bits per heavy atom. The first-order valence-corrected chi connectivity index (χ1v) is 12.2. The number of urea groups is 1. The first-order valence-electron chi connectivity index (χ1n) is 11.3. The lowest BCUT2D eigenvalue weighted by molar-refractivity contribution is 0.0939. The van der Waals surface area contributed by atoms with E-state index in [-0.39, 0.29) is 24.0 Å². The summed E-state index contributed by atoms with van der Waals surface area (Å²) in [7, 11) is 0. The predicted molar refractivity (Wildman–Crippen MR) is 136 cm³/mol. The summed E-state index contributed by atoms with van der Waals surface area (Å²) < 4.78 is 0. The molecule has 2 aromatic carbocycles. The third-order valence-electron chi connectivity index (χ3n) is 6.55. The van der Waals surface area contributed by atoms with Crippen LogP contribution in [-0.4, -0.2) is 29.0 Å². The molecule has 6 rings (SSSR count). The van der Waals surface area contributed by atoms with Crippen molar-refractivity contribution in [1.82, 2.24) is 10.3 Å². The van der Waals surface area contributed by atoms with Gasteiger partial charge in [-0.05, 0) is 48.6 Å². The lowest BCUT2D eigenvalue weighted by Crippen LogP contribution is -2.44. The number of carbonyl (C=O) groups excluding carboxylic acids is 2. The van der Waals surface area contributed by atoms with Gasteiger partial charge in [0.1, 0.15) is 9.71 Å². The van der Waals surface area contributed by atoms with E-state index in [0.29, 0.717) is 21.1 Å². The minimum absolute atomic E-state index is 0.0367. The molecule has 0 bridgehead atoms. The van der Waals surface area contributed by atoms with Gasteiger partial charge < -0.3 is 16.4 Å². The molecule has 3 heterocycles. The van der Waals surface area contributed by atoms with Gasteiger partial charge in [-0.2, -0.15) is 0 Å². The van der Waals surface area contributed by atoms with Crippen molar-refractivity contribution < 1.29 is 9.59 Å². The molecule has 4 N–H and O–H groups in total. The Labute approximate surface area is 200 Å². The van der Waals surface area contributed by atoms with E-state index >= 15 is 0 Å². The molecule has 2 atom stereocenters. The van der Waals surface area contributed by atoms with Crippen molar-refractivity contribution in [2.75, 3.05) is 10.2 Å². The van der Waals surface area contributed by atoms with E-state index in [1.807, 2.05) is 60.7 Å². The van der Waals surface area contributed by atoms with Crippen LogP contribution in [0.1, 0.15) is 28.9 Å². The average Bonchev–Trinajstić information content (AvgIpc) is 3.44.